The van der Waals surface area contributed by atoms with Crippen LogP contribution in [0.25, 0.3) is 0 Å². The molecule has 1 saturated carbocycles. The number of aromatic nitrogens is 1. The van der Waals surface area contributed by atoms with Gasteiger partial charge in [-0.25, -0.2) is 0 Å². The molecule has 3 atom stereocenters. The highest BCUT2D eigenvalue weighted by molar-refractivity contribution is 5.93. The number of pyridine rings is 1. The Morgan fingerprint density at radius 2 is 2.08 bits per heavy atom. The molecule has 5 nitrogen and oxygen atoms in total. The Kier molecular flexibility index (Phi) is 3.94. The van der Waals surface area contributed by atoms with Gasteiger partial charge in [-0.15, -0.1) is 0 Å². The van der Waals surface area contributed by atoms with E-state index in [1.54, 1.807) is 6.20 Å². The average Bonchev–Trinajstić information content (AvgIpc) is 3.25. The number of β-amino-alcohol motifs (C(OH)–C–C–N with tert-alkyl or cyclic N) is 1. The summed E-state index contributed by atoms with van der Waals surface area (Å²) < 4.78 is 0. The first kappa shape index (κ1) is 15.1. The highest BCUT2D eigenvalue weighted by Gasteiger charge is 2.39. The van der Waals surface area contributed by atoms with E-state index in [0.29, 0.717) is 18.2 Å². The molecule has 2 heterocycles. The van der Waals surface area contributed by atoms with E-state index in [1.807, 2.05) is 30.3 Å². The van der Waals surface area contributed by atoms with Crippen molar-refractivity contribution in [1.82, 2.24) is 10.3 Å². The molecule has 1 aliphatic heterocycles. The van der Waals surface area contributed by atoms with Gasteiger partial charge >= 0.3 is 0 Å². The molecule has 1 aromatic heterocycles. The Hall–Kier alpha value is -2.40. The molecule has 1 amide bonds. The van der Waals surface area contributed by atoms with Crippen molar-refractivity contribution < 1.29 is 9.90 Å². The molecule has 24 heavy (non-hydrogen) atoms. The molecular weight excluding hydrogens is 302 g/mol. The van der Waals surface area contributed by atoms with E-state index in [-0.39, 0.29) is 18.1 Å². The standard InChI is InChI=1S/C19H21N3O2/c23-15-7-9-22(12-15)14-6-8-20-18(10-14)19(24)21-17-11-16(17)13-4-2-1-3-5-13/h1-6,8,10,15-17,23H,7,9,11-12H2,(H,21,24)/t15-,16-,17+/m0/s1. The number of aliphatic hydroxyl groups is 1. The maximum atomic E-state index is 12.5. The molecule has 5 heteroatoms. The lowest BCUT2D eigenvalue weighted by Crippen LogP contribution is -2.28. The summed E-state index contributed by atoms with van der Waals surface area (Å²) in [6.07, 6.45) is 3.13. The second kappa shape index (κ2) is 6.24. The van der Waals surface area contributed by atoms with Crippen molar-refractivity contribution in [2.75, 3.05) is 18.0 Å². The lowest BCUT2D eigenvalue weighted by molar-refractivity contribution is 0.0945. The lowest BCUT2D eigenvalue weighted by Gasteiger charge is -2.18. The van der Waals surface area contributed by atoms with Crippen molar-refractivity contribution in [3.63, 3.8) is 0 Å². The van der Waals surface area contributed by atoms with Crippen LogP contribution in [0, 0.1) is 0 Å². The highest BCUT2D eigenvalue weighted by Crippen LogP contribution is 2.40. The van der Waals surface area contributed by atoms with Crippen molar-refractivity contribution in [2.45, 2.75) is 30.9 Å². The summed E-state index contributed by atoms with van der Waals surface area (Å²) in [5, 5.41) is 12.7. The Labute approximate surface area is 141 Å². The molecule has 2 N–H and O–H groups in total. The third-order valence-electron chi connectivity index (χ3n) is 4.84. The van der Waals surface area contributed by atoms with E-state index in [0.717, 1.165) is 25.1 Å². The summed E-state index contributed by atoms with van der Waals surface area (Å²) in [4.78, 5) is 18.8. The first-order valence-electron chi connectivity index (χ1n) is 8.45. The number of rotatable bonds is 4. The van der Waals surface area contributed by atoms with Crippen LogP contribution in [0.5, 0.6) is 0 Å². The number of benzene rings is 1. The summed E-state index contributed by atoms with van der Waals surface area (Å²) >= 11 is 0. The van der Waals surface area contributed by atoms with Crippen LogP contribution in [-0.2, 0) is 0 Å². The molecule has 4 rings (SSSR count). The quantitative estimate of drug-likeness (QED) is 0.902. The largest absolute Gasteiger partial charge is 0.391 e. The normalized spacial score (nSPS) is 25.5. The molecule has 124 valence electrons. The van der Waals surface area contributed by atoms with Crippen molar-refractivity contribution >= 4 is 11.6 Å². The van der Waals surface area contributed by atoms with Gasteiger partial charge in [0, 0.05) is 36.9 Å². The SMILES string of the molecule is O=C(N[C@@H]1C[C@H]1c1ccccc1)c1cc(N2CC[C@H](O)C2)ccn1. The van der Waals surface area contributed by atoms with Crippen LogP contribution in [0.15, 0.2) is 48.7 Å². The zero-order valence-electron chi connectivity index (χ0n) is 13.4. The van der Waals surface area contributed by atoms with Gasteiger partial charge in [0.25, 0.3) is 5.91 Å². The molecule has 0 bridgehead atoms. The van der Waals surface area contributed by atoms with E-state index >= 15 is 0 Å². The van der Waals surface area contributed by atoms with E-state index in [9.17, 15) is 9.90 Å². The fraction of sp³-hybridized carbons (Fsp3) is 0.368. The number of hydrogen-bond acceptors (Lipinski definition) is 4. The van der Waals surface area contributed by atoms with Gasteiger partial charge in [-0.1, -0.05) is 30.3 Å². The van der Waals surface area contributed by atoms with Crippen molar-refractivity contribution in [3.05, 3.63) is 59.9 Å². The van der Waals surface area contributed by atoms with E-state index < -0.39 is 0 Å². The Bertz CT molecular complexity index is 734. The number of nitrogens with zero attached hydrogens (tertiary/aromatic N) is 2. The number of nitrogens with one attached hydrogen (secondary N) is 1. The second-order valence-electron chi connectivity index (χ2n) is 6.62. The first-order chi connectivity index (χ1) is 11.7. The highest BCUT2D eigenvalue weighted by atomic mass is 16.3. The Balaban J connectivity index is 1.40. The summed E-state index contributed by atoms with van der Waals surface area (Å²) in [5.41, 5.74) is 2.66. The number of anilines is 1. The third kappa shape index (κ3) is 3.12. The lowest BCUT2D eigenvalue weighted by atomic mass is 10.1. The zero-order valence-corrected chi connectivity index (χ0v) is 13.4. The van der Waals surface area contributed by atoms with Gasteiger partial charge < -0.3 is 15.3 Å². The maximum Gasteiger partial charge on any atom is 0.270 e. The number of hydrogen-bond donors (Lipinski definition) is 2. The summed E-state index contributed by atoms with van der Waals surface area (Å²) in [7, 11) is 0. The minimum atomic E-state index is -0.284. The van der Waals surface area contributed by atoms with E-state index in [2.05, 4.69) is 27.3 Å². The van der Waals surface area contributed by atoms with Crippen molar-refractivity contribution in [1.29, 1.82) is 0 Å². The Morgan fingerprint density at radius 1 is 1.25 bits per heavy atom. The van der Waals surface area contributed by atoms with Gasteiger partial charge in [0.1, 0.15) is 5.69 Å². The third-order valence-corrected chi connectivity index (χ3v) is 4.84. The van der Waals surface area contributed by atoms with Gasteiger partial charge in [0.15, 0.2) is 0 Å². The van der Waals surface area contributed by atoms with Crippen molar-refractivity contribution in [2.24, 2.45) is 0 Å². The van der Waals surface area contributed by atoms with Crippen molar-refractivity contribution in [3.8, 4) is 0 Å². The fourth-order valence-electron chi connectivity index (χ4n) is 3.38. The maximum absolute atomic E-state index is 12.5. The molecule has 0 spiro atoms. The molecule has 1 aliphatic carbocycles. The molecular formula is C19H21N3O2. The minimum absolute atomic E-state index is 0.125. The zero-order chi connectivity index (χ0) is 16.5. The molecule has 0 unspecified atom stereocenters. The summed E-state index contributed by atoms with van der Waals surface area (Å²) in [6.45, 7) is 1.43. The minimum Gasteiger partial charge on any atom is -0.391 e. The average molecular weight is 323 g/mol. The number of carbonyl (C=O) groups is 1. The number of aliphatic hydroxyl groups excluding tert-OH is 1. The summed E-state index contributed by atoms with van der Waals surface area (Å²) in [5.74, 6) is 0.284. The monoisotopic (exact) mass is 323 g/mol. The van der Waals surface area contributed by atoms with Gasteiger partial charge in [0.2, 0.25) is 0 Å². The number of carbonyl (C=O) groups excluding carboxylic acids is 1. The molecule has 1 aromatic carbocycles. The van der Waals surface area contributed by atoms with Gasteiger partial charge in [-0.3, -0.25) is 9.78 Å². The predicted octanol–water partition coefficient (Wildman–Crippen LogP) is 1.94. The molecule has 0 radical (unpaired) electrons. The molecule has 2 aromatic rings. The van der Waals surface area contributed by atoms with Crippen LogP contribution >= 0.6 is 0 Å². The van der Waals surface area contributed by atoms with Crippen LogP contribution < -0.4 is 10.2 Å². The number of amides is 1. The summed E-state index contributed by atoms with van der Waals surface area (Å²) in [6, 6.07) is 14.2. The van der Waals surface area contributed by atoms with Crippen LogP contribution in [-0.4, -0.2) is 41.2 Å². The predicted molar refractivity (Wildman–Crippen MR) is 92.1 cm³/mol. The smallest absolute Gasteiger partial charge is 0.270 e. The molecule has 1 saturated heterocycles. The van der Waals surface area contributed by atoms with Crippen LogP contribution in [0.2, 0.25) is 0 Å². The van der Waals surface area contributed by atoms with E-state index in [4.69, 9.17) is 0 Å². The Morgan fingerprint density at radius 3 is 2.83 bits per heavy atom. The molecule has 2 aliphatic rings. The van der Waals surface area contributed by atoms with E-state index in [1.165, 1.54) is 5.56 Å². The first-order valence-corrected chi connectivity index (χ1v) is 8.45. The van der Waals surface area contributed by atoms with Crippen LogP contribution in [0.3, 0.4) is 0 Å². The fourth-order valence-corrected chi connectivity index (χ4v) is 3.38. The van der Waals surface area contributed by atoms with Crippen LogP contribution in [0.4, 0.5) is 5.69 Å². The van der Waals surface area contributed by atoms with Gasteiger partial charge in [0.05, 0.1) is 6.10 Å². The van der Waals surface area contributed by atoms with Gasteiger partial charge in [-0.2, -0.15) is 0 Å². The topological polar surface area (TPSA) is 65.5 Å². The molecule has 2 fully saturated rings. The van der Waals surface area contributed by atoms with Gasteiger partial charge in [-0.05, 0) is 30.5 Å². The van der Waals surface area contributed by atoms with Crippen LogP contribution in [0.1, 0.15) is 34.8 Å². The second-order valence-corrected chi connectivity index (χ2v) is 6.62.